The van der Waals surface area contributed by atoms with Gasteiger partial charge in [-0.15, -0.1) is 11.3 Å². The van der Waals surface area contributed by atoms with Gasteiger partial charge in [0, 0.05) is 4.88 Å². The van der Waals surface area contributed by atoms with Crippen LogP contribution in [0.15, 0.2) is 17.5 Å². The Morgan fingerprint density at radius 1 is 1.45 bits per heavy atom. The first kappa shape index (κ1) is 15.0. The molecule has 1 aromatic rings. The van der Waals surface area contributed by atoms with Crippen molar-refractivity contribution in [2.24, 2.45) is 0 Å². The molecule has 4 amide bonds. The molecule has 3 rings (SSSR count). The molecule has 22 heavy (non-hydrogen) atoms. The van der Waals surface area contributed by atoms with Crippen LogP contribution in [-0.2, 0) is 9.59 Å². The highest BCUT2D eigenvalue weighted by atomic mass is 32.1. The fourth-order valence-corrected chi connectivity index (χ4v) is 3.91. The number of urea groups is 1. The second kappa shape index (κ2) is 5.72. The van der Waals surface area contributed by atoms with Crippen molar-refractivity contribution in [1.29, 1.82) is 0 Å². The van der Waals surface area contributed by atoms with Crippen LogP contribution in [0.5, 0.6) is 0 Å². The average molecular weight is 321 g/mol. The molecule has 118 valence electrons. The molecule has 7 heteroatoms. The summed E-state index contributed by atoms with van der Waals surface area (Å²) in [5.41, 5.74) is -0.753. The van der Waals surface area contributed by atoms with Crippen LogP contribution >= 0.6 is 11.3 Å². The SMILES string of the molecule is C[C@@H](NC(=O)CN1C(=O)NC2(CCCC2)C1=O)c1cccs1. The third kappa shape index (κ3) is 2.61. The summed E-state index contributed by atoms with van der Waals surface area (Å²) in [7, 11) is 0. The van der Waals surface area contributed by atoms with Crippen molar-refractivity contribution in [1.82, 2.24) is 15.5 Å². The quantitative estimate of drug-likeness (QED) is 0.830. The first-order chi connectivity index (χ1) is 10.5. The summed E-state index contributed by atoms with van der Waals surface area (Å²) < 4.78 is 0. The van der Waals surface area contributed by atoms with E-state index >= 15 is 0 Å². The Kier molecular flexibility index (Phi) is 3.90. The smallest absolute Gasteiger partial charge is 0.325 e. The van der Waals surface area contributed by atoms with Crippen LogP contribution in [0, 0.1) is 0 Å². The number of nitrogens with zero attached hydrogens (tertiary/aromatic N) is 1. The normalized spacial score (nSPS) is 21.2. The minimum absolute atomic E-state index is 0.131. The Balaban J connectivity index is 1.62. The van der Waals surface area contributed by atoms with E-state index in [1.807, 2.05) is 24.4 Å². The fourth-order valence-electron chi connectivity index (χ4n) is 3.18. The Morgan fingerprint density at radius 2 is 2.18 bits per heavy atom. The van der Waals surface area contributed by atoms with Crippen LogP contribution in [0.4, 0.5) is 4.79 Å². The zero-order valence-corrected chi connectivity index (χ0v) is 13.2. The van der Waals surface area contributed by atoms with Gasteiger partial charge in [-0.2, -0.15) is 0 Å². The average Bonchev–Trinajstić information content (AvgIpc) is 3.18. The number of amides is 4. The van der Waals surface area contributed by atoms with Crippen molar-refractivity contribution in [3.8, 4) is 0 Å². The molecule has 2 aliphatic rings. The number of carbonyl (C=O) groups is 3. The van der Waals surface area contributed by atoms with Gasteiger partial charge in [0.05, 0.1) is 6.04 Å². The Morgan fingerprint density at radius 3 is 2.82 bits per heavy atom. The minimum Gasteiger partial charge on any atom is -0.347 e. The predicted molar refractivity (Wildman–Crippen MR) is 82.3 cm³/mol. The molecule has 0 radical (unpaired) electrons. The lowest BCUT2D eigenvalue weighted by Crippen LogP contribution is -2.45. The first-order valence-corrected chi connectivity index (χ1v) is 8.37. The number of imide groups is 1. The zero-order valence-electron chi connectivity index (χ0n) is 12.4. The van der Waals surface area contributed by atoms with Crippen molar-refractivity contribution >= 4 is 29.2 Å². The Bertz CT molecular complexity index is 593. The standard InChI is InChI=1S/C15H19N3O3S/c1-10(11-5-4-8-22-11)16-12(19)9-18-13(20)15(17-14(18)21)6-2-3-7-15/h4-5,8,10H,2-3,6-7,9H2,1H3,(H,16,19)(H,17,21)/t10-/m1/s1. The van der Waals surface area contributed by atoms with Gasteiger partial charge in [-0.1, -0.05) is 18.9 Å². The summed E-state index contributed by atoms with van der Waals surface area (Å²) in [4.78, 5) is 38.7. The van der Waals surface area contributed by atoms with E-state index in [0.717, 1.165) is 22.6 Å². The zero-order chi connectivity index (χ0) is 15.7. The Hall–Kier alpha value is -1.89. The Labute approximate surface area is 132 Å². The molecule has 1 aromatic heterocycles. The van der Waals surface area contributed by atoms with Gasteiger partial charge in [-0.3, -0.25) is 14.5 Å². The molecule has 2 heterocycles. The van der Waals surface area contributed by atoms with Crippen LogP contribution in [-0.4, -0.2) is 34.8 Å². The number of nitrogens with one attached hydrogen (secondary N) is 2. The van der Waals surface area contributed by atoms with E-state index in [0.29, 0.717) is 12.8 Å². The van der Waals surface area contributed by atoms with Gasteiger partial charge in [0.1, 0.15) is 12.1 Å². The van der Waals surface area contributed by atoms with Crippen LogP contribution in [0.1, 0.15) is 43.5 Å². The van der Waals surface area contributed by atoms with Gasteiger partial charge in [-0.25, -0.2) is 4.79 Å². The van der Waals surface area contributed by atoms with Gasteiger partial charge < -0.3 is 10.6 Å². The minimum atomic E-state index is -0.753. The summed E-state index contributed by atoms with van der Waals surface area (Å²) >= 11 is 1.56. The molecule has 1 aliphatic heterocycles. The van der Waals surface area contributed by atoms with Crippen LogP contribution in [0.3, 0.4) is 0 Å². The van der Waals surface area contributed by atoms with Crippen LogP contribution < -0.4 is 10.6 Å². The van der Waals surface area contributed by atoms with E-state index in [1.165, 1.54) is 0 Å². The lowest BCUT2D eigenvalue weighted by Gasteiger charge is -2.20. The molecule has 0 aromatic carbocycles. The van der Waals surface area contributed by atoms with Crippen molar-refractivity contribution in [3.63, 3.8) is 0 Å². The molecule has 1 aliphatic carbocycles. The van der Waals surface area contributed by atoms with E-state index in [4.69, 9.17) is 0 Å². The summed E-state index contributed by atoms with van der Waals surface area (Å²) in [6.07, 6.45) is 3.20. The van der Waals surface area contributed by atoms with E-state index in [2.05, 4.69) is 10.6 Å². The lowest BCUT2D eigenvalue weighted by molar-refractivity contribution is -0.135. The van der Waals surface area contributed by atoms with E-state index in [-0.39, 0.29) is 24.4 Å². The number of thiophene rings is 1. The summed E-state index contributed by atoms with van der Waals surface area (Å²) in [5.74, 6) is -0.576. The molecular weight excluding hydrogens is 302 g/mol. The molecule has 1 saturated heterocycles. The second-order valence-electron chi connectivity index (χ2n) is 5.92. The number of hydrogen-bond donors (Lipinski definition) is 2. The molecule has 0 bridgehead atoms. The van der Waals surface area contributed by atoms with Gasteiger partial charge in [0.2, 0.25) is 5.91 Å². The van der Waals surface area contributed by atoms with Gasteiger partial charge in [0.15, 0.2) is 0 Å². The largest absolute Gasteiger partial charge is 0.347 e. The van der Waals surface area contributed by atoms with Crippen LogP contribution in [0.2, 0.25) is 0 Å². The molecule has 1 atom stereocenters. The van der Waals surface area contributed by atoms with Crippen molar-refractivity contribution in [2.45, 2.75) is 44.2 Å². The predicted octanol–water partition coefficient (Wildman–Crippen LogP) is 1.79. The third-order valence-electron chi connectivity index (χ3n) is 4.35. The van der Waals surface area contributed by atoms with Crippen molar-refractivity contribution in [3.05, 3.63) is 22.4 Å². The van der Waals surface area contributed by atoms with Crippen LogP contribution in [0.25, 0.3) is 0 Å². The van der Waals surface area contributed by atoms with E-state index < -0.39 is 11.6 Å². The lowest BCUT2D eigenvalue weighted by atomic mass is 9.98. The number of hydrogen-bond acceptors (Lipinski definition) is 4. The van der Waals surface area contributed by atoms with Gasteiger partial charge in [0.25, 0.3) is 5.91 Å². The maximum absolute atomic E-state index is 12.5. The van der Waals surface area contributed by atoms with E-state index in [1.54, 1.807) is 11.3 Å². The van der Waals surface area contributed by atoms with Crippen molar-refractivity contribution in [2.75, 3.05) is 6.54 Å². The third-order valence-corrected chi connectivity index (χ3v) is 5.41. The molecule has 1 saturated carbocycles. The number of rotatable bonds is 4. The maximum Gasteiger partial charge on any atom is 0.325 e. The highest BCUT2D eigenvalue weighted by Crippen LogP contribution is 2.34. The van der Waals surface area contributed by atoms with Gasteiger partial charge in [-0.05, 0) is 31.2 Å². The maximum atomic E-state index is 12.5. The summed E-state index contributed by atoms with van der Waals surface area (Å²) in [6.45, 7) is 1.66. The fraction of sp³-hybridized carbons (Fsp3) is 0.533. The molecule has 2 fully saturated rings. The molecule has 6 nitrogen and oxygen atoms in total. The summed E-state index contributed by atoms with van der Waals surface area (Å²) in [5, 5.41) is 7.55. The van der Waals surface area contributed by atoms with Gasteiger partial charge >= 0.3 is 6.03 Å². The second-order valence-corrected chi connectivity index (χ2v) is 6.89. The first-order valence-electron chi connectivity index (χ1n) is 7.49. The highest BCUT2D eigenvalue weighted by Gasteiger charge is 2.52. The number of carbonyl (C=O) groups excluding carboxylic acids is 3. The molecule has 1 spiro atoms. The molecule has 2 N–H and O–H groups in total. The summed E-state index contributed by atoms with van der Waals surface area (Å²) in [6, 6.07) is 3.28. The molecule has 0 unspecified atom stereocenters. The highest BCUT2D eigenvalue weighted by molar-refractivity contribution is 7.10. The monoisotopic (exact) mass is 321 g/mol. The topological polar surface area (TPSA) is 78.5 Å². The van der Waals surface area contributed by atoms with E-state index in [9.17, 15) is 14.4 Å². The van der Waals surface area contributed by atoms with Crippen molar-refractivity contribution < 1.29 is 14.4 Å². The molecular formula is C15H19N3O3S.